The van der Waals surface area contributed by atoms with Gasteiger partial charge in [-0.15, -0.1) is 0 Å². The van der Waals surface area contributed by atoms with Crippen molar-refractivity contribution in [2.75, 3.05) is 0 Å². The highest BCUT2D eigenvalue weighted by atomic mass is 35.5. The molecule has 0 unspecified atom stereocenters. The topological polar surface area (TPSA) is 142 Å². The lowest BCUT2D eigenvalue weighted by Crippen LogP contribution is -2.47. The maximum atomic E-state index is 12.8. The zero-order chi connectivity index (χ0) is 25.3. The summed E-state index contributed by atoms with van der Waals surface area (Å²) in [4.78, 5) is 39.5. The Balaban J connectivity index is 1.52. The van der Waals surface area contributed by atoms with Crippen molar-refractivity contribution in [2.45, 2.75) is 38.8 Å². The van der Waals surface area contributed by atoms with Crippen LogP contribution in [0.3, 0.4) is 0 Å². The number of fused-ring (bicyclic) bond motifs is 2. The molecule has 0 aliphatic heterocycles. The normalized spacial score (nSPS) is 13.0. The minimum Gasteiger partial charge on any atom is -0.508 e. The third kappa shape index (κ3) is 5.09. The van der Waals surface area contributed by atoms with Gasteiger partial charge in [-0.3, -0.25) is 4.79 Å². The smallest absolute Gasteiger partial charge is 0.336 e. The van der Waals surface area contributed by atoms with Crippen LogP contribution in [-0.4, -0.2) is 39.2 Å². The van der Waals surface area contributed by atoms with Gasteiger partial charge in [-0.2, -0.15) is 0 Å². The molecular weight excluding hydrogens is 476 g/mol. The number of hydrogen-bond donors (Lipinski definition) is 4. The first kappa shape index (κ1) is 24.2. The van der Waals surface area contributed by atoms with E-state index >= 15 is 0 Å². The molecule has 2 heterocycles. The van der Waals surface area contributed by atoms with Crippen LogP contribution in [0.5, 0.6) is 11.5 Å². The van der Waals surface area contributed by atoms with Crippen molar-refractivity contribution in [1.29, 1.82) is 0 Å². The fourth-order valence-electron chi connectivity index (χ4n) is 3.90. The van der Waals surface area contributed by atoms with E-state index in [1.165, 1.54) is 31.2 Å². The second-order valence-corrected chi connectivity index (χ2v) is 8.54. The van der Waals surface area contributed by atoms with Gasteiger partial charge < -0.3 is 29.7 Å². The summed E-state index contributed by atoms with van der Waals surface area (Å²) in [6.45, 7) is 3.36. The lowest BCUT2D eigenvalue weighted by molar-refractivity contribution is -0.142. The number of rotatable bonds is 8. The third-order valence-corrected chi connectivity index (χ3v) is 6.02. The second-order valence-electron chi connectivity index (χ2n) is 8.13. The Kier molecular flexibility index (Phi) is 6.70. The fraction of sp³-hybridized carbons (Fsp3) is 0.240. The van der Waals surface area contributed by atoms with Crippen molar-refractivity contribution in [3.63, 3.8) is 0 Å². The summed E-state index contributed by atoms with van der Waals surface area (Å²) in [5, 5.41) is 23.5. The van der Waals surface area contributed by atoms with Crippen molar-refractivity contribution >= 4 is 45.3 Å². The molecule has 0 radical (unpaired) electrons. The molecule has 2 aromatic carbocycles. The summed E-state index contributed by atoms with van der Waals surface area (Å²) in [6, 6.07) is 7.92. The molecule has 4 N–H and O–H groups in total. The first-order chi connectivity index (χ1) is 16.7. The number of phenolic OH excluding ortho intramolecular Hbond substituents is 1. The number of nitrogens with one attached hydrogen (secondary N) is 2. The number of phenols is 1. The van der Waals surface area contributed by atoms with Gasteiger partial charge in [0, 0.05) is 41.0 Å². The number of carboxylic acid groups (broad SMARTS) is 1. The summed E-state index contributed by atoms with van der Waals surface area (Å²) < 4.78 is 10.9. The molecule has 10 heteroatoms. The molecule has 0 bridgehead atoms. The number of hydrogen-bond acceptors (Lipinski definition) is 6. The van der Waals surface area contributed by atoms with Crippen molar-refractivity contribution in [3.05, 3.63) is 69.2 Å². The summed E-state index contributed by atoms with van der Waals surface area (Å²) in [6.07, 6.45) is 1.13. The molecule has 35 heavy (non-hydrogen) atoms. The van der Waals surface area contributed by atoms with E-state index in [0.29, 0.717) is 22.8 Å². The molecule has 9 nitrogen and oxygen atoms in total. The molecule has 1 amide bonds. The van der Waals surface area contributed by atoms with Crippen molar-refractivity contribution < 1.29 is 29.0 Å². The van der Waals surface area contributed by atoms with Gasteiger partial charge in [0.15, 0.2) is 6.10 Å². The highest BCUT2D eigenvalue weighted by Gasteiger charge is 2.26. The van der Waals surface area contributed by atoms with Crippen LogP contribution in [0.4, 0.5) is 0 Å². The minimum atomic E-state index is -1.24. The van der Waals surface area contributed by atoms with Crippen LogP contribution in [0.1, 0.15) is 25.0 Å². The first-order valence-electron chi connectivity index (χ1n) is 10.9. The Hall–Kier alpha value is -3.98. The molecule has 0 saturated carbocycles. The van der Waals surface area contributed by atoms with Crippen LogP contribution >= 0.6 is 11.6 Å². The number of halogens is 1. The Bertz CT molecular complexity index is 1490. The van der Waals surface area contributed by atoms with Crippen molar-refractivity contribution in [1.82, 2.24) is 10.3 Å². The first-order valence-corrected chi connectivity index (χ1v) is 11.3. The number of aromatic nitrogens is 1. The number of carboxylic acids is 1. The Morgan fingerprint density at radius 1 is 1.17 bits per heavy atom. The van der Waals surface area contributed by atoms with Crippen molar-refractivity contribution in [3.8, 4) is 11.5 Å². The van der Waals surface area contributed by atoms with E-state index in [-0.39, 0.29) is 28.5 Å². The summed E-state index contributed by atoms with van der Waals surface area (Å²) in [5.41, 5.74) is 1.88. The van der Waals surface area contributed by atoms with E-state index in [9.17, 15) is 24.6 Å². The highest BCUT2D eigenvalue weighted by Crippen LogP contribution is 2.32. The van der Waals surface area contributed by atoms with Crippen LogP contribution < -0.4 is 15.7 Å². The van der Waals surface area contributed by atoms with Gasteiger partial charge in [-0.05, 0) is 48.7 Å². The number of carbonyl (C=O) groups is 2. The van der Waals surface area contributed by atoms with Gasteiger partial charge in [-0.1, -0.05) is 18.5 Å². The largest absolute Gasteiger partial charge is 0.508 e. The number of aryl methyl sites for hydroxylation is 1. The van der Waals surface area contributed by atoms with Gasteiger partial charge in [0.25, 0.3) is 5.91 Å². The van der Waals surface area contributed by atoms with E-state index in [0.717, 1.165) is 11.1 Å². The molecule has 0 fully saturated rings. The number of aliphatic carboxylic acids is 1. The number of amides is 1. The second kappa shape index (κ2) is 9.71. The number of ether oxygens (including phenoxy) is 1. The number of benzene rings is 2. The molecule has 2 atom stereocenters. The number of carbonyl (C=O) groups excluding carboxylic acids is 1. The van der Waals surface area contributed by atoms with Crippen LogP contribution in [-0.2, 0) is 22.4 Å². The summed E-state index contributed by atoms with van der Waals surface area (Å²) in [5.74, 6) is -1.72. The molecule has 4 rings (SSSR count). The molecule has 182 valence electrons. The van der Waals surface area contributed by atoms with Gasteiger partial charge in [0.05, 0.1) is 5.02 Å². The molecule has 0 aliphatic rings. The zero-order valence-electron chi connectivity index (χ0n) is 18.9. The van der Waals surface area contributed by atoms with E-state index in [2.05, 4.69) is 10.3 Å². The standard InChI is InChI=1S/C25H23ClN2O7/c1-3-13-7-23(30)35-21-10-22(18(26)9-17(13)21)34-12(2)24(31)28-20(25(32)33)6-14-11-27-19-5-4-15(29)8-16(14)19/h4-5,7-12,20,27,29H,3,6H2,1-2H3,(H,28,31)(H,32,33)/t12-,20+/m1/s1. The van der Waals surface area contributed by atoms with E-state index in [1.807, 2.05) is 6.92 Å². The predicted octanol–water partition coefficient (Wildman–Crippen LogP) is 3.78. The summed E-state index contributed by atoms with van der Waals surface area (Å²) in [7, 11) is 0. The van der Waals surface area contributed by atoms with E-state index in [1.54, 1.807) is 18.3 Å². The molecule has 2 aromatic heterocycles. The van der Waals surface area contributed by atoms with Gasteiger partial charge in [-0.25, -0.2) is 9.59 Å². The van der Waals surface area contributed by atoms with Crippen LogP contribution in [0.25, 0.3) is 21.9 Å². The molecule has 0 spiro atoms. The number of aromatic amines is 1. The van der Waals surface area contributed by atoms with Gasteiger partial charge in [0.2, 0.25) is 0 Å². The van der Waals surface area contributed by atoms with Crippen molar-refractivity contribution in [2.24, 2.45) is 0 Å². The lowest BCUT2D eigenvalue weighted by Gasteiger charge is -2.19. The minimum absolute atomic E-state index is 0.0150. The average molecular weight is 499 g/mol. The number of H-pyrrole nitrogens is 1. The molecular formula is C25H23ClN2O7. The third-order valence-electron chi connectivity index (χ3n) is 5.73. The fourth-order valence-corrected chi connectivity index (χ4v) is 4.11. The zero-order valence-corrected chi connectivity index (χ0v) is 19.7. The molecule has 0 aliphatic carbocycles. The maximum Gasteiger partial charge on any atom is 0.336 e. The lowest BCUT2D eigenvalue weighted by atomic mass is 10.0. The average Bonchev–Trinajstić information content (AvgIpc) is 3.20. The predicted molar refractivity (Wildman–Crippen MR) is 130 cm³/mol. The SMILES string of the molecule is CCc1cc(=O)oc2cc(O[C@H](C)C(=O)N[C@@H](Cc3c[nH]c4ccc(O)cc34)C(=O)O)c(Cl)cc12. The Morgan fingerprint density at radius 2 is 1.94 bits per heavy atom. The van der Waals surface area contributed by atoms with Crippen LogP contribution in [0.15, 0.2) is 51.8 Å². The van der Waals surface area contributed by atoms with E-state index < -0.39 is 29.6 Å². The van der Waals surface area contributed by atoms with Crippen LogP contribution in [0.2, 0.25) is 5.02 Å². The highest BCUT2D eigenvalue weighted by molar-refractivity contribution is 6.32. The molecule has 4 aromatic rings. The monoisotopic (exact) mass is 498 g/mol. The Labute approximate surface area is 204 Å². The summed E-state index contributed by atoms with van der Waals surface area (Å²) >= 11 is 6.35. The Morgan fingerprint density at radius 3 is 2.66 bits per heavy atom. The van der Waals surface area contributed by atoms with E-state index in [4.69, 9.17) is 20.8 Å². The number of aromatic hydroxyl groups is 1. The van der Waals surface area contributed by atoms with Gasteiger partial charge in [0.1, 0.15) is 23.1 Å². The molecule has 0 saturated heterocycles. The maximum absolute atomic E-state index is 12.8. The van der Waals surface area contributed by atoms with Crippen LogP contribution in [0, 0.1) is 0 Å². The quantitative estimate of drug-likeness (QED) is 0.271. The van der Waals surface area contributed by atoms with Gasteiger partial charge >= 0.3 is 11.6 Å².